The first kappa shape index (κ1) is 18.2. The summed E-state index contributed by atoms with van der Waals surface area (Å²) in [6.07, 6.45) is 2.39. The molecular formula is C14H27ClN4O2. The molecule has 21 heavy (non-hydrogen) atoms. The lowest BCUT2D eigenvalue weighted by Crippen LogP contribution is -2.49. The molecule has 2 saturated heterocycles. The number of halogens is 1. The molecule has 0 bridgehead atoms. The van der Waals surface area contributed by atoms with Gasteiger partial charge in [0.15, 0.2) is 0 Å². The molecule has 0 aromatic rings. The van der Waals surface area contributed by atoms with Crippen molar-refractivity contribution in [3.63, 3.8) is 0 Å². The van der Waals surface area contributed by atoms with Crippen LogP contribution >= 0.6 is 12.4 Å². The predicted octanol–water partition coefficient (Wildman–Crippen LogP) is -0.184. The number of nitrogens with zero attached hydrogens (tertiary/aromatic N) is 2. The zero-order valence-electron chi connectivity index (χ0n) is 12.7. The number of hydrogen-bond acceptors (Lipinski definition) is 4. The van der Waals surface area contributed by atoms with Gasteiger partial charge in [0, 0.05) is 51.7 Å². The third-order valence-corrected chi connectivity index (χ3v) is 4.50. The van der Waals surface area contributed by atoms with Gasteiger partial charge in [-0.1, -0.05) is 0 Å². The Morgan fingerprint density at radius 3 is 2.52 bits per heavy atom. The predicted molar refractivity (Wildman–Crippen MR) is 84.3 cm³/mol. The van der Waals surface area contributed by atoms with E-state index in [0.29, 0.717) is 19.0 Å². The van der Waals surface area contributed by atoms with Crippen LogP contribution in [0.4, 0.5) is 0 Å². The van der Waals surface area contributed by atoms with Crippen molar-refractivity contribution in [1.29, 1.82) is 0 Å². The van der Waals surface area contributed by atoms with Gasteiger partial charge in [-0.25, -0.2) is 0 Å². The molecule has 2 rings (SSSR count). The lowest BCUT2D eigenvalue weighted by molar-refractivity contribution is -0.132. The Morgan fingerprint density at radius 1 is 1.24 bits per heavy atom. The van der Waals surface area contributed by atoms with Gasteiger partial charge in [-0.15, -0.1) is 12.4 Å². The first-order valence-corrected chi connectivity index (χ1v) is 7.60. The average molecular weight is 319 g/mol. The molecule has 0 aromatic carbocycles. The topological polar surface area (TPSA) is 78.7 Å². The van der Waals surface area contributed by atoms with Crippen LogP contribution in [0, 0.1) is 5.92 Å². The van der Waals surface area contributed by atoms with Crippen molar-refractivity contribution >= 4 is 24.2 Å². The Labute approximate surface area is 132 Å². The average Bonchev–Trinajstić information content (AvgIpc) is 2.46. The number of piperazine rings is 1. The zero-order valence-corrected chi connectivity index (χ0v) is 13.5. The Bertz CT molecular complexity index is 361. The van der Waals surface area contributed by atoms with Crippen molar-refractivity contribution in [1.82, 2.24) is 15.1 Å². The smallest absolute Gasteiger partial charge is 0.223 e. The molecule has 2 unspecified atom stereocenters. The highest BCUT2D eigenvalue weighted by atomic mass is 35.5. The van der Waals surface area contributed by atoms with Crippen LogP contribution < -0.4 is 11.1 Å². The van der Waals surface area contributed by atoms with E-state index in [2.05, 4.69) is 17.1 Å². The molecule has 2 aliphatic heterocycles. The minimum absolute atomic E-state index is 0. The van der Waals surface area contributed by atoms with E-state index in [1.807, 2.05) is 4.90 Å². The number of carbonyl (C=O) groups is 2. The van der Waals surface area contributed by atoms with E-state index in [4.69, 9.17) is 5.73 Å². The number of likely N-dealkylation sites (tertiary alicyclic amines) is 1. The second-order valence-electron chi connectivity index (χ2n) is 5.90. The van der Waals surface area contributed by atoms with Crippen LogP contribution in [-0.2, 0) is 9.59 Å². The Balaban J connectivity index is 0.00000220. The van der Waals surface area contributed by atoms with E-state index < -0.39 is 0 Å². The fourth-order valence-electron chi connectivity index (χ4n) is 3.03. The first-order valence-electron chi connectivity index (χ1n) is 7.60. The highest BCUT2D eigenvalue weighted by molar-refractivity contribution is 5.85. The quantitative estimate of drug-likeness (QED) is 0.753. The lowest BCUT2D eigenvalue weighted by Gasteiger charge is -2.37. The Kier molecular flexibility index (Phi) is 7.42. The van der Waals surface area contributed by atoms with E-state index in [1.54, 1.807) is 0 Å². The SMILES string of the molecule is CC1CCC(C(N)=O)CN1CCC(=O)N1CCNCC1.Cl. The number of rotatable bonds is 4. The molecule has 2 aliphatic rings. The van der Waals surface area contributed by atoms with Crippen LogP contribution in [0.15, 0.2) is 0 Å². The van der Waals surface area contributed by atoms with E-state index in [9.17, 15) is 9.59 Å². The maximum absolute atomic E-state index is 12.1. The molecule has 2 amide bonds. The summed E-state index contributed by atoms with van der Waals surface area (Å²) in [5, 5.41) is 3.24. The second-order valence-corrected chi connectivity index (χ2v) is 5.90. The van der Waals surface area contributed by atoms with Gasteiger partial charge < -0.3 is 16.0 Å². The molecule has 6 nitrogen and oxygen atoms in total. The molecule has 122 valence electrons. The fourth-order valence-corrected chi connectivity index (χ4v) is 3.03. The number of carbonyl (C=O) groups excluding carboxylic acids is 2. The minimum atomic E-state index is -0.213. The standard InChI is InChI=1S/C14H26N4O2.ClH/c1-11-2-3-12(14(15)20)10-18(11)7-4-13(19)17-8-5-16-6-9-17;/h11-12,16H,2-10H2,1H3,(H2,15,20);1H. The number of piperidine rings is 1. The Hall–Kier alpha value is -0.850. The molecule has 3 N–H and O–H groups in total. The lowest BCUT2D eigenvalue weighted by atomic mass is 9.93. The summed E-state index contributed by atoms with van der Waals surface area (Å²) in [6.45, 7) is 6.97. The molecule has 2 atom stereocenters. The van der Waals surface area contributed by atoms with Crippen LogP contribution in [0.25, 0.3) is 0 Å². The monoisotopic (exact) mass is 318 g/mol. The highest BCUT2D eigenvalue weighted by Crippen LogP contribution is 2.21. The maximum Gasteiger partial charge on any atom is 0.223 e. The zero-order chi connectivity index (χ0) is 14.5. The number of hydrogen-bond donors (Lipinski definition) is 2. The number of primary amides is 1. The summed E-state index contributed by atoms with van der Waals surface area (Å²) < 4.78 is 0. The van der Waals surface area contributed by atoms with Crippen LogP contribution in [0.1, 0.15) is 26.2 Å². The van der Waals surface area contributed by atoms with Crippen molar-refractivity contribution in [3.05, 3.63) is 0 Å². The highest BCUT2D eigenvalue weighted by Gasteiger charge is 2.29. The van der Waals surface area contributed by atoms with E-state index in [1.165, 1.54) is 0 Å². The third kappa shape index (κ3) is 5.13. The normalized spacial score (nSPS) is 27.0. The molecule has 0 aromatic heterocycles. The fraction of sp³-hybridized carbons (Fsp3) is 0.857. The van der Waals surface area contributed by atoms with Gasteiger partial charge >= 0.3 is 0 Å². The molecule has 0 aliphatic carbocycles. The van der Waals surface area contributed by atoms with Crippen molar-refractivity contribution in [2.45, 2.75) is 32.2 Å². The van der Waals surface area contributed by atoms with Gasteiger partial charge in [-0.2, -0.15) is 0 Å². The number of nitrogens with one attached hydrogen (secondary N) is 1. The van der Waals surface area contributed by atoms with Crippen molar-refractivity contribution < 1.29 is 9.59 Å². The number of nitrogens with two attached hydrogens (primary N) is 1. The molecule has 0 saturated carbocycles. The summed E-state index contributed by atoms with van der Waals surface area (Å²) >= 11 is 0. The summed E-state index contributed by atoms with van der Waals surface area (Å²) in [4.78, 5) is 27.6. The van der Waals surface area contributed by atoms with E-state index in [-0.39, 0.29) is 30.1 Å². The van der Waals surface area contributed by atoms with Crippen LogP contribution in [0.2, 0.25) is 0 Å². The van der Waals surface area contributed by atoms with E-state index in [0.717, 1.165) is 45.6 Å². The van der Waals surface area contributed by atoms with Crippen molar-refractivity contribution in [3.8, 4) is 0 Å². The molecule has 0 spiro atoms. The summed E-state index contributed by atoms with van der Waals surface area (Å²) in [5.74, 6) is -0.0456. The van der Waals surface area contributed by atoms with E-state index >= 15 is 0 Å². The minimum Gasteiger partial charge on any atom is -0.369 e. The van der Waals surface area contributed by atoms with Gasteiger partial charge in [-0.05, 0) is 19.8 Å². The van der Waals surface area contributed by atoms with Gasteiger partial charge in [0.05, 0.1) is 5.92 Å². The van der Waals surface area contributed by atoms with Crippen molar-refractivity contribution in [2.24, 2.45) is 11.7 Å². The maximum atomic E-state index is 12.1. The van der Waals surface area contributed by atoms with Crippen molar-refractivity contribution in [2.75, 3.05) is 39.3 Å². The summed E-state index contributed by atoms with van der Waals surface area (Å²) in [6, 6.07) is 0.432. The molecule has 7 heteroatoms. The summed E-state index contributed by atoms with van der Waals surface area (Å²) in [5.41, 5.74) is 5.40. The van der Waals surface area contributed by atoms with Crippen LogP contribution in [0.5, 0.6) is 0 Å². The second kappa shape index (κ2) is 8.56. The van der Waals surface area contributed by atoms with Gasteiger partial charge in [0.1, 0.15) is 0 Å². The van der Waals surface area contributed by atoms with Crippen LogP contribution in [-0.4, -0.2) is 66.9 Å². The molecule has 0 radical (unpaired) electrons. The largest absolute Gasteiger partial charge is 0.369 e. The van der Waals surface area contributed by atoms with Crippen LogP contribution in [0.3, 0.4) is 0 Å². The molecule has 2 fully saturated rings. The molecule has 2 heterocycles. The van der Waals surface area contributed by atoms with Gasteiger partial charge in [0.2, 0.25) is 11.8 Å². The van der Waals surface area contributed by atoms with Gasteiger partial charge in [0.25, 0.3) is 0 Å². The van der Waals surface area contributed by atoms with Gasteiger partial charge in [-0.3, -0.25) is 14.5 Å². The Morgan fingerprint density at radius 2 is 1.90 bits per heavy atom. The summed E-state index contributed by atoms with van der Waals surface area (Å²) in [7, 11) is 0. The first-order chi connectivity index (χ1) is 9.58. The number of amides is 2. The third-order valence-electron chi connectivity index (χ3n) is 4.50. The molecular weight excluding hydrogens is 292 g/mol.